The van der Waals surface area contributed by atoms with E-state index in [0.717, 1.165) is 6.08 Å². The second-order valence-corrected chi connectivity index (χ2v) is 5.29. The topological polar surface area (TPSA) is 72.2 Å². The van der Waals surface area contributed by atoms with Gasteiger partial charge in [-0.3, -0.25) is 5.84 Å². The van der Waals surface area contributed by atoms with E-state index in [1.807, 2.05) is 0 Å². The molecule has 0 aromatic carbocycles. The third-order valence-corrected chi connectivity index (χ3v) is 3.45. The Bertz CT molecular complexity index is 400. The number of rotatable bonds is 2. The predicted molar refractivity (Wildman–Crippen MR) is 52.4 cm³/mol. The number of nitrogens with one attached hydrogen (secondary N) is 1. The Morgan fingerprint density at radius 1 is 1.71 bits per heavy atom. The minimum absolute atomic E-state index is 0.0516. The molecule has 80 valence electrons. The Labute approximate surface area is 86.6 Å². The number of hydrogen-bond donors (Lipinski definition) is 2. The average molecular weight is 241 g/mol. The lowest BCUT2D eigenvalue weighted by atomic mass is 10.1. The van der Waals surface area contributed by atoms with Crippen LogP contribution in [0.25, 0.3) is 0 Å². The maximum Gasteiger partial charge on any atom is 0.253 e. The number of sulfonamides is 1. The van der Waals surface area contributed by atoms with Crippen molar-refractivity contribution in [2.75, 3.05) is 0 Å². The second kappa shape index (κ2) is 3.62. The summed E-state index contributed by atoms with van der Waals surface area (Å²) in [6.45, 7) is 1.55. The van der Waals surface area contributed by atoms with E-state index in [9.17, 15) is 12.8 Å². The number of allylic oxidation sites excluding steroid dienone is 3. The van der Waals surface area contributed by atoms with E-state index in [1.165, 1.54) is 6.08 Å². The SMILES string of the molecule is CC1=CCC(F)(Cl)C=C1S(=O)(=O)NN. The zero-order valence-corrected chi connectivity index (χ0v) is 8.99. The molecule has 0 radical (unpaired) electrons. The van der Waals surface area contributed by atoms with E-state index in [2.05, 4.69) is 0 Å². The summed E-state index contributed by atoms with van der Waals surface area (Å²) in [5.41, 5.74) is 0.428. The monoisotopic (exact) mass is 240 g/mol. The van der Waals surface area contributed by atoms with E-state index in [4.69, 9.17) is 17.4 Å². The van der Waals surface area contributed by atoms with Gasteiger partial charge in [0.15, 0.2) is 0 Å². The van der Waals surface area contributed by atoms with Crippen molar-refractivity contribution in [1.82, 2.24) is 4.83 Å². The fourth-order valence-corrected chi connectivity index (χ4v) is 2.33. The molecule has 1 aliphatic rings. The van der Waals surface area contributed by atoms with Gasteiger partial charge in [-0.15, -0.1) is 0 Å². The molecule has 0 heterocycles. The molecule has 0 amide bonds. The largest absolute Gasteiger partial charge is 0.257 e. The number of halogens is 2. The normalized spacial score (nSPS) is 28.3. The molecule has 0 aromatic heterocycles. The lowest BCUT2D eigenvalue weighted by Gasteiger charge is -2.20. The molecule has 3 N–H and O–H groups in total. The number of alkyl halides is 2. The molecule has 4 nitrogen and oxygen atoms in total. The molecule has 14 heavy (non-hydrogen) atoms. The molecule has 0 fully saturated rings. The molecule has 1 rings (SSSR count). The van der Waals surface area contributed by atoms with Crippen molar-refractivity contribution in [3.8, 4) is 0 Å². The molecule has 1 aliphatic carbocycles. The molecule has 0 saturated carbocycles. The average Bonchev–Trinajstić information content (AvgIpc) is 2.09. The Kier molecular flexibility index (Phi) is 3.01. The molecular formula is C7H10ClFN2O2S. The first kappa shape index (κ1) is 11.6. The van der Waals surface area contributed by atoms with Crippen LogP contribution in [0, 0.1) is 0 Å². The Morgan fingerprint density at radius 2 is 2.29 bits per heavy atom. The van der Waals surface area contributed by atoms with Gasteiger partial charge in [-0.25, -0.2) is 12.8 Å². The van der Waals surface area contributed by atoms with Gasteiger partial charge >= 0.3 is 0 Å². The summed E-state index contributed by atoms with van der Waals surface area (Å²) in [7, 11) is -3.85. The molecule has 0 aromatic rings. The van der Waals surface area contributed by atoms with Crippen LogP contribution in [0.4, 0.5) is 4.39 Å². The highest BCUT2D eigenvalue weighted by atomic mass is 35.5. The zero-order valence-electron chi connectivity index (χ0n) is 7.42. The molecule has 0 bridgehead atoms. The first-order valence-electron chi connectivity index (χ1n) is 3.79. The van der Waals surface area contributed by atoms with Crippen LogP contribution in [-0.4, -0.2) is 13.5 Å². The summed E-state index contributed by atoms with van der Waals surface area (Å²) in [6.07, 6.45) is 2.21. The van der Waals surface area contributed by atoms with Gasteiger partial charge in [0.1, 0.15) is 0 Å². The fourth-order valence-electron chi connectivity index (χ4n) is 1.11. The van der Waals surface area contributed by atoms with E-state index >= 15 is 0 Å². The minimum atomic E-state index is -3.85. The molecule has 1 unspecified atom stereocenters. The zero-order chi connectivity index (χ0) is 11.0. The maximum atomic E-state index is 13.3. The highest BCUT2D eigenvalue weighted by Crippen LogP contribution is 2.34. The van der Waals surface area contributed by atoms with E-state index in [1.54, 1.807) is 11.8 Å². The fraction of sp³-hybridized carbons (Fsp3) is 0.429. The van der Waals surface area contributed by atoms with Gasteiger partial charge < -0.3 is 0 Å². The second-order valence-electron chi connectivity index (χ2n) is 2.98. The van der Waals surface area contributed by atoms with Crippen molar-refractivity contribution in [1.29, 1.82) is 0 Å². The summed E-state index contributed by atoms with van der Waals surface area (Å²) < 4.78 is 35.8. The number of nitrogens with two attached hydrogens (primary N) is 1. The lowest BCUT2D eigenvalue weighted by molar-refractivity contribution is 0.345. The van der Waals surface area contributed by atoms with Crippen LogP contribution in [0.1, 0.15) is 13.3 Å². The molecular weight excluding hydrogens is 231 g/mol. The van der Waals surface area contributed by atoms with Crippen LogP contribution in [0.15, 0.2) is 22.6 Å². The van der Waals surface area contributed by atoms with Gasteiger partial charge in [-0.05, 0) is 18.6 Å². The van der Waals surface area contributed by atoms with Gasteiger partial charge in [0, 0.05) is 6.42 Å². The highest BCUT2D eigenvalue weighted by Gasteiger charge is 2.31. The van der Waals surface area contributed by atoms with Gasteiger partial charge in [0.25, 0.3) is 10.0 Å². The number of hydrazine groups is 1. The predicted octanol–water partition coefficient (Wildman–Crippen LogP) is 0.918. The van der Waals surface area contributed by atoms with Crippen molar-refractivity contribution < 1.29 is 12.8 Å². The third-order valence-electron chi connectivity index (χ3n) is 1.86. The first-order valence-corrected chi connectivity index (χ1v) is 5.65. The number of hydrogen-bond acceptors (Lipinski definition) is 3. The highest BCUT2D eigenvalue weighted by molar-refractivity contribution is 7.93. The third kappa shape index (κ3) is 2.33. The van der Waals surface area contributed by atoms with Gasteiger partial charge in [-0.2, -0.15) is 4.83 Å². The van der Waals surface area contributed by atoms with E-state index in [-0.39, 0.29) is 11.3 Å². The molecule has 0 aliphatic heterocycles. The van der Waals surface area contributed by atoms with Crippen molar-refractivity contribution in [2.45, 2.75) is 18.5 Å². The Hall–Kier alpha value is -0.430. The van der Waals surface area contributed by atoms with Crippen LogP contribution in [-0.2, 0) is 10.0 Å². The van der Waals surface area contributed by atoms with Crippen LogP contribution >= 0.6 is 11.6 Å². The molecule has 0 spiro atoms. The van der Waals surface area contributed by atoms with Crippen LogP contribution in [0.2, 0.25) is 0 Å². The lowest BCUT2D eigenvalue weighted by Crippen LogP contribution is -2.33. The van der Waals surface area contributed by atoms with Gasteiger partial charge in [0.05, 0.1) is 4.91 Å². The summed E-state index contributed by atoms with van der Waals surface area (Å²) in [5, 5.41) is -2.15. The summed E-state index contributed by atoms with van der Waals surface area (Å²) in [5.74, 6) is 4.82. The van der Waals surface area contributed by atoms with Gasteiger partial charge in [-0.1, -0.05) is 17.7 Å². The standard InChI is InChI=1S/C7H10ClFN2O2S/c1-5-2-3-7(8,9)4-6(5)14(12,13)11-10/h2,4,11H,3,10H2,1H3. The molecule has 7 heteroatoms. The van der Waals surface area contributed by atoms with Crippen molar-refractivity contribution in [3.63, 3.8) is 0 Å². The quantitative estimate of drug-likeness (QED) is 0.428. The van der Waals surface area contributed by atoms with E-state index < -0.39 is 15.2 Å². The Morgan fingerprint density at radius 3 is 2.79 bits per heavy atom. The first-order chi connectivity index (χ1) is 6.28. The maximum absolute atomic E-state index is 13.3. The summed E-state index contributed by atoms with van der Waals surface area (Å²) >= 11 is 5.37. The smallest absolute Gasteiger partial charge is 0.253 e. The van der Waals surface area contributed by atoms with Crippen LogP contribution in [0.3, 0.4) is 0 Å². The minimum Gasteiger partial charge on any atom is -0.257 e. The molecule has 0 saturated heterocycles. The Balaban J connectivity index is 3.21. The van der Waals surface area contributed by atoms with Crippen molar-refractivity contribution in [3.05, 3.63) is 22.6 Å². The van der Waals surface area contributed by atoms with Crippen molar-refractivity contribution in [2.24, 2.45) is 5.84 Å². The summed E-state index contributed by atoms with van der Waals surface area (Å²) in [6, 6.07) is 0. The van der Waals surface area contributed by atoms with Crippen LogP contribution in [0.5, 0.6) is 0 Å². The van der Waals surface area contributed by atoms with E-state index in [0.29, 0.717) is 5.57 Å². The summed E-state index contributed by atoms with van der Waals surface area (Å²) in [4.78, 5) is 1.40. The van der Waals surface area contributed by atoms with Gasteiger partial charge in [0.2, 0.25) is 5.13 Å². The molecule has 1 atom stereocenters. The van der Waals surface area contributed by atoms with Crippen molar-refractivity contribution >= 4 is 21.6 Å². The van der Waals surface area contributed by atoms with Crippen LogP contribution < -0.4 is 10.7 Å².